The average molecular weight is 363 g/mol. The molecule has 0 fully saturated rings. The first-order chi connectivity index (χ1) is 13.3. The van der Waals surface area contributed by atoms with Gasteiger partial charge in [-0.15, -0.1) is 0 Å². The molecule has 0 saturated carbocycles. The highest BCUT2D eigenvalue weighted by molar-refractivity contribution is 5.90. The molecule has 1 aromatic heterocycles. The van der Waals surface area contributed by atoms with Crippen molar-refractivity contribution in [1.29, 1.82) is 0 Å². The van der Waals surface area contributed by atoms with Crippen LogP contribution in [0.3, 0.4) is 0 Å². The molecule has 5 nitrogen and oxygen atoms in total. The number of para-hydroxylation sites is 2. The second kappa shape index (κ2) is 7.37. The Hall–Kier alpha value is -3.54. The molecule has 0 unspecified atom stereocenters. The summed E-state index contributed by atoms with van der Waals surface area (Å²) in [4.78, 5) is 12.2. The number of alkyl halides is 1. The zero-order valence-electron chi connectivity index (χ0n) is 14.4. The van der Waals surface area contributed by atoms with Crippen LogP contribution in [-0.4, -0.2) is 23.9 Å². The SMILES string of the molecule is O=C(NCC[18F])OC1=C(c2ccccc2)Oc2ccccc2-n2cccc21. The molecule has 0 saturated heterocycles. The van der Waals surface area contributed by atoms with Crippen molar-refractivity contribution in [3.05, 3.63) is 84.2 Å². The molecule has 4 rings (SSSR count). The minimum absolute atomic E-state index is 0.116. The number of rotatable bonds is 4. The summed E-state index contributed by atoms with van der Waals surface area (Å²) in [5.74, 6) is 1.31. The highest BCUT2D eigenvalue weighted by Crippen LogP contribution is 2.38. The van der Waals surface area contributed by atoms with E-state index in [9.17, 15) is 9.18 Å². The molecule has 136 valence electrons. The number of halogens is 1. The number of hydrogen-bond donors (Lipinski definition) is 1. The molecule has 27 heavy (non-hydrogen) atoms. The Labute approximate surface area is 155 Å². The second-order valence-electron chi connectivity index (χ2n) is 5.86. The molecule has 1 aliphatic heterocycles. The van der Waals surface area contributed by atoms with Crippen molar-refractivity contribution in [1.82, 2.24) is 9.88 Å². The minimum Gasteiger partial charge on any atom is -0.451 e. The molecule has 0 atom stereocenters. The normalized spacial score (nSPS) is 12.5. The fourth-order valence-corrected chi connectivity index (χ4v) is 2.95. The fourth-order valence-electron chi connectivity index (χ4n) is 2.95. The third-order valence-corrected chi connectivity index (χ3v) is 4.12. The number of amides is 1. The zero-order valence-corrected chi connectivity index (χ0v) is 14.4. The van der Waals surface area contributed by atoms with Crippen LogP contribution in [0.5, 0.6) is 5.75 Å². The van der Waals surface area contributed by atoms with Gasteiger partial charge in [0.25, 0.3) is 0 Å². The topological polar surface area (TPSA) is 52.5 Å². The second-order valence-corrected chi connectivity index (χ2v) is 5.86. The van der Waals surface area contributed by atoms with Gasteiger partial charge in [0.1, 0.15) is 6.67 Å². The van der Waals surface area contributed by atoms with Crippen LogP contribution in [0.25, 0.3) is 17.2 Å². The van der Waals surface area contributed by atoms with Gasteiger partial charge in [-0.2, -0.15) is 0 Å². The number of alkyl carbamates (subject to hydrolysis) is 1. The number of ether oxygens (including phenoxy) is 2. The lowest BCUT2D eigenvalue weighted by Gasteiger charge is -2.14. The summed E-state index contributed by atoms with van der Waals surface area (Å²) in [7, 11) is 0. The van der Waals surface area contributed by atoms with Crippen LogP contribution in [0.15, 0.2) is 72.9 Å². The number of carbonyl (C=O) groups excluding carboxylic acids is 1. The predicted molar refractivity (Wildman–Crippen MR) is 100 cm³/mol. The lowest BCUT2D eigenvalue weighted by molar-refractivity contribution is 0.190. The van der Waals surface area contributed by atoms with Crippen molar-refractivity contribution in [2.24, 2.45) is 0 Å². The smallest absolute Gasteiger partial charge is 0.412 e. The van der Waals surface area contributed by atoms with Gasteiger partial charge in [0, 0.05) is 18.3 Å². The molecule has 2 heterocycles. The Kier molecular flexibility index (Phi) is 4.61. The number of hydrogen-bond acceptors (Lipinski definition) is 3. The third-order valence-electron chi connectivity index (χ3n) is 4.12. The summed E-state index contributed by atoms with van der Waals surface area (Å²) in [5, 5.41) is 2.38. The Balaban J connectivity index is 1.88. The van der Waals surface area contributed by atoms with E-state index in [1.165, 1.54) is 0 Å². The molecule has 2 aromatic carbocycles. The average Bonchev–Trinajstić information content (AvgIpc) is 3.15. The van der Waals surface area contributed by atoms with E-state index in [0.717, 1.165) is 11.3 Å². The summed E-state index contributed by atoms with van der Waals surface area (Å²) in [5.41, 5.74) is 2.25. The molecule has 6 heteroatoms. The van der Waals surface area contributed by atoms with Crippen molar-refractivity contribution < 1.29 is 18.7 Å². The molecule has 0 spiro atoms. The van der Waals surface area contributed by atoms with E-state index >= 15 is 0 Å². The van der Waals surface area contributed by atoms with Crippen LogP contribution in [0.2, 0.25) is 0 Å². The van der Waals surface area contributed by atoms with Crippen LogP contribution in [-0.2, 0) is 4.74 Å². The van der Waals surface area contributed by atoms with Crippen LogP contribution in [0.1, 0.15) is 11.3 Å². The number of benzene rings is 2. The van der Waals surface area contributed by atoms with Crippen LogP contribution < -0.4 is 10.1 Å². The first-order valence-corrected chi connectivity index (χ1v) is 8.54. The molecule has 0 aliphatic carbocycles. The summed E-state index contributed by atoms with van der Waals surface area (Å²) in [6.45, 7) is -0.785. The number of carbonyl (C=O) groups is 1. The standard InChI is InChI=1S/C21H17FN2O3/c22-12-13-23-21(25)27-20-17-10-6-14-24(17)16-9-4-5-11-18(16)26-19(20)15-7-2-1-3-8-15/h1-11,14H,12-13H2,(H,23,25)/i22-1. The Morgan fingerprint density at radius 1 is 1.04 bits per heavy atom. The highest BCUT2D eigenvalue weighted by Gasteiger charge is 2.26. The fraction of sp³-hybridized carbons (Fsp3) is 0.0952. The van der Waals surface area contributed by atoms with Crippen molar-refractivity contribution in [3.8, 4) is 11.4 Å². The number of nitrogens with zero attached hydrogens (tertiary/aromatic N) is 1. The van der Waals surface area contributed by atoms with Crippen molar-refractivity contribution >= 4 is 17.6 Å². The van der Waals surface area contributed by atoms with Crippen molar-refractivity contribution in [3.63, 3.8) is 0 Å². The van der Waals surface area contributed by atoms with Gasteiger partial charge in [-0.3, -0.25) is 0 Å². The first-order valence-electron chi connectivity index (χ1n) is 8.54. The van der Waals surface area contributed by atoms with Crippen molar-refractivity contribution in [2.45, 2.75) is 0 Å². The largest absolute Gasteiger partial charge is 0.451 e. The molecular weight excluding hydrogens is 346 g/mol. The van der Waals surface area contributed by atoms with Crippen LogP contribution >= 0.6 is 0 Å². The summed E-state index contributed by atoms with van der Waals surface area (Å²) >= 11 is 0. The van der Waals surface area contributed by atoms with Gasteiger partial charge in [0.2, 0.25) is 0 Å². The molecular formula is C21H17FN2O3. The van der Waals surface area contributed by atoms with Gasteiger partial charge in [-0.1, -0.05) is 42.5 Å². The lowest BCUT2D eigenvalue weighted by atomic mass is 10.1. The van der Waals surface area contributed by atoms with Gasteiger partial charge in [0.15, 0.2) is 17.3 Å². The zero-order chi connectivity index (χ0) is 18.6. The van der Waals surface area contributed by atoms with Gasteiger partial charge >= 0.3 is 6.09 Å². The van der Waals surface area contributed by atoms with Gasteiger partial charge in [-0.25, -0.2) is 9.18 Å². The summed E-state index contributed by atoms with van der Waals surface area (Å²) < 4.78 is 26.0. The molecule has 0 bridgehead atoms. The maximum atomic E-state index is 12.4. The van der Waals surface area contributed by atoms with Crippen LogP contribution in [0, 0.1) is 0 Å². The Morgan fingerprint density at radius 2 is 1.81 bits per heavy atom. The molecule has 3 aromatic rings. The maximum Gasteiger partial charge on any atom is 0.412 e. The number of fused-ring (bicyclic) bond motifs is 3. The molecule has 1 amide bonds. The molecule has 1 aliphatic rings. The van der Waals surface area contributed by atoms with E-state index in [0.29, 0.717) is 17.2 Å². The Bertz CT molecular complexity index is 995. The Morgan fingerprint density at radius 3 is 2.63 bits per heavy atom. The van der Waals surface area contributed by atoms with E-state index in [1.807, 2.05) is 77.5 Å². The van der Waals surface area contributed by atoms with Crippen molar-refractivity contribution in [2.75, 3.05) is 13.2 Å². The number of aromatic nitrogens is 1. The maximum absolute atomic E-state index is 12.4. The highest BCUT2D eigenvalue weighted by atomic mass is 18.2. The minimum atomic E-state index is -0.738. The summed E-state index contributed by atoms with van der Waals surface area (Å²) in [6, 6.07) is 20.7. The van der Waals surface area contributed by atoms with Gasteiger partial charge in [-0.05, 0) is 24.3 Å². The van der Waals surface area contributed by atoms with E-state index in [1.54, 1.807) is 0 Å². The van der Waals surface area contributed by atoms with Crippen LogP contribution in [0.4, 0.5) is 9.18 Å². The first kappa shape index (κ1) is 16.9. The third kappa shape index (κ3) is 3.29. The predicted octanol–water partition coefficient (Wildman–Crippen LogP) is 4.39. The van der Waals surface area contributed by atoms with E-state index < -0.39 is 12.8 Å². The molecule has 1 N–H and O–H groups in total. The number of nitrogens with one attached hydrogen (secondary N) is 1. The van der Waals surface area contributed by atoms with E-state index in [-0.39, 0.29) is 12.3 Å². The van der Waals surface area contributed by atoms with Gasteiger partial charge < -0.3 is 19.4 Å². The van der Waals surface area contributed by atoms with Gasteiger partial charge in [0.05, 0.1) is 11.4 Å². The van der Waals surface area contributed by atoms with E-state index in [2.05, 4.69) is 5.32 Å². The summed E-state index contributed by atoms with van der Waals surface area (Å²) in [6.07, 6.45) is 1.13. The molecule has 0 radical (unpaired) electrons. The monoisotopic (exact) mass is 363 g/mol. The van der Waals surface area contributed by atoms with E-state index in [4.69, 9.17) is 9.47 Å². The quantitative estimate of drug-likeness (QED) is 0.748. The lowest BCUT2D eigenvalue weighted by Crippen LogP contribution is -2.26.